The summed E-state index contributed by atoms with van der Waals surface area (Å²) in [4.78, 5) is 26.7. The summed E-state index contributed by atoms with van der Waals surface area (Å²) in [7, 11) is 1.34. The van der Waals surface area contributed by atoms with E-state index in [4.69, 9.17) is 4.74 Å². The van der Waals surface area contributed by atoms with Gasteiger partial charge in [0.2, 0.25) is 0 Å². The van der Waals surface area contributed by atoms with Gasteiger partial charge in [-0.3, -0.25) is 4.79 Å². The second-order valence-electron chi connectivity index (χ2n) is 5.67. The van der Waals surface area contributed by atoms with E-state index < -0.39 is 18.4 Å². The highest BCUT2D eigenvalue weighted by Gasteiger charge is 2.43. The third-order valence-corrected chi connectivity index (χ3v) is 4.41. The van der Waals surface area contributed by atoms with Crippen LogP contribution in [0.4, 0.5) is 10.5 Å². The van der Waals surface area contributed by atoms with Crippen molar-refractivity contribution in [2.24, 2.45) is 0 Å². The first kappa shape index (κ1) is 15.4. The zero-order chi connectivity index (χ0) is 16.7. The smallest absolute Gasteiger partial charge is 0.414 e. The number of amides is 2. The summed E-state index contributed by atoms with van der Waals surface area (Å²) in [6, 6.07) is 1.85. The number of aliphatic hydroxyl groups is 1. The average Bonchev–Trinajstić information content (AvgIpc) is 2.62. The molecule has 124 valence electrons. The standard InChI is InChI=1S/C15H18N2O6/c1-23-12-6-8-10(7-11(12)18)17(15(21)22)14(20)9-4-2-3-5-16(9)13(8)19/h6-7,9,14,18,20H,2-5H2,1H3,(H,21,22)/t9-,14-/m0/s1. The Morgan fingerprint density at radius 3 is 2.74 bits per heavy atom. The second-order valence-corrected chi connectivity index (χ2v) is 5.67. The minimum atomic E-state index is -1.39. The van der Waals surface area contributed by atoms with Gasteiger partial charge in [-0.05, 0) is 25.3 Å². The monoisotopic (exact) mass is 322 g/mol. The number of methoxy groups -OCH3 is 1. The molecule has 3 N–H and O–H groups in total. The Kier molecular flexibility index (Phi) is 3.77. The van der Waals surface area contributed by atoms with Crippen molar-refractivity contribution in [2.45, 2.75) is 31.5 Å². The van der Waals surface area contributed by atoms with E-state index in [0.717, 1.165) is 23.8 Å². The van der Waals surface area contributed by atoms with Gasteiger partial charge in [-0.1, -0.05) is 0 Å². The van der Waals surface area contributed by atoms with Gasteiger partial charge in [0, 0.05) is 12.6 Å². The van der Waals surface area contributed by atoms with Crippen molar-refractivity contribution in [1.82, 2.24) is 4.90 Å². The molecule has 2 aliphatic rings. The lowest BCUT2D eigenvalue weighted by Crippen LogP contribution is -2.54. The molecule has 2 heterocycles. The van der Waals surface area contributed by atoms with E-state index >= 15 is 0 Å². The topological polar surface area (TPSA) is 111 Å². The molecule has 2 aliphatic heterocycles. The number of carbonyl (C=O) groups excluding carboxylic acids is 1. The first-order chi connectivity index (χ1) is 11.0. The number of benzene rings is 1. The minimum absolute atomic E-state index is 0.0392. The van der Waals surface area contributed by atoms with Gasteiger partial charge in [-0.2, -0.15) is 0 Å². The van der Waals surface area contributed by atoms with Crippen molar-refractivity contribution in [3.63, 3.8) is 0 Å². The van der Waals surface area contributed by atoms with Crippen LogP contribution in [0.25, 0.3) is 0 Å². The second kappa shape index (κ2) is 5.62. The molecule has 0 saturated carbocycles. The first-order valence-corrected chi connectivity index (χ1v) is 7.38. The van der Waals surface area contributed by atoms with Gasteiger partial charge in [-0.25, -0.2) is 9.69 Å². The van der Waals surface area contributed by atoms with E-state index in [1.165, 1.54) is 18.1 Å². The number of aliphatic hydroxyl groups excluding tert-OH is 1. The number of phenolic OH excluding ortho intramolecular Hbond substituents is 1. The molecular weight excluding hydrogens is 304 g/mol. The molecule has 0 aliphatic carbocycles. The number of carbonyl (C=O) groups is 2. The Morgan fingerprint density at radius 1 is 1.35 bits per heavy atom. The summed E-state index contributed by atoms with van der Waals surface area (Å²) >= 11 is 0. The lowest BCUT2D eigenvalue weighted by Gasteiger charge is -2.38. The summed E-state index contributed by atoms with van der Waals surface area (Å²) in [5.41, 5.74) is 0.0493. The third-order valence-electron chi connectivity index (χ3n) is 4.41. The molecule has 8 heteroatoms. The summed E-state index contributed by atoms with van der Waals surface area (Å²) < 4.78 is 5.01. The van der Waals surface area contributed by atoms with E-state index in [2.05, 4.69) is 0 Å². The van der Waals surface area contributed by atoms with Crippen LogP contribution in [0.5, 0.6) is 11.5 Å². The Labute approximate surface area is 132 Å². The number of hydrogen-bond acceptors (Lipinski definition) is 5. The number of carboxylic acid groups (broad SMARTS) is 1. The van der Waals surface area contributed by atoms with E-state index in [-0.39, 0.29) is 28.7 Å². The van der Waals surface area contributed by atoms with E-state index in [1.807, 2.05) is 0 Å². The first-order valence-electron chi connectivity index (χ1n) is 7.38. The maximum atomic E-state index is 12.8. The van der Waals surface area contributed by atoms with Crippen molar-refractivity contribution in [3.05, 3.63) is 17.7 Å². The van der Waals surface area contributed by atoms with Crippen LogP contribution in [-0.4, -0.2) is 58.1 Å². The van der Waals surface area contributed by atoms with Gasteiger partial charge < -0.3 is 25.0 Å². The lowest BCUT2D eigenvalue weighted by atomic mass is 10.0. The van der Waals surface area contributed by atoms with Crippen LogP contribution >= 0.6 is 0 Å². The highest BCUT2D eigenvalue weighted by molar-refractivity contribution is 6.05. The van der Waals surface area contributed by atoms with Crippen LogP contribution in [-0.2, 0) is 0 Å². The number of hydrogen-bond donors (Lipinski definition) is 3. The van der Waals surface area contributed by atoms with Gasteiger partial charge >= 0.3 is 6.09 Å². The molecule has 0 radical (unpaired) electrons. The van der Waals surface area contributed by atoms with Crippen molar-refractivity contribution in [3.8, 4) is 11.5 Å². The molecule has 0 aromatic heterocycles. The van der Waals surface area contributed by atoms with Crippen molar-refractivity contribution >= 4 is 17.7 Å². The van der Waals surface area contributed by atoms with Crippen LogP contribution in [0.3, 0.4) is 0 Å². The molecule has 0 spiro atoms. The minimum Gasteiger partial charge on any atom is -0.504 e. The fourth-order valence-corrected chi connectivity index (χ4v) is 3.30. The number of nitrogens with zero attached hydrogens (tertiary/aromatic N) is 2. The zero-order valence-corrected chi connectivity index (χ0v) is 12.6. The zero-order valence-electron chi connectivity index (χ0n) is 12.6. The summed E-state index contributed by atoms with van der Waals surface area (Å²) in [5, 5.41) is 30.0. The molecule has 2 atom stereocenters. The fourth-order valence-electron chi connectivity index (χ4n) is 3.30. The lowest BCUT2D eigenvalue weighted by molar-refractivity contribution is 0.0246. The summed E-state index contributed by atoms with van der Waals surface area (Å²) in [5.74, 6) is -0.587. The third kappa shape index (κ3) is 2.35. The van der Waals surface area contributed by atoms with Gasteiger partial charge in [0.25, 0.3) is 5.91 Å². The molecule has 1 fully saturated rings. The predicted molar refractivity (Wildman–Crippen MR) is 79.8 cm³/mol. The van der Waals surface area contributed by atoms with Gasteiger partial charge in [0.05, 0.1) is 24.4 Å². The maximum absolute atomic E-state index is 12.8. The molecule has 3 rings (SSSR count). The summed E-state index contributed by atoms with van der Waals surface area (Å²) in [6.45, 7) is 0.455. The van der Waals surface area contributed by atoms with Crippen LogP contribution in [0, 0.1) is 0 Å². The number of piperidine rings is 1. The van der Waals surface area contributed by atoms with Crippen LogP contribution < -0.4 is 9.64 Å². The molecule has 0 bridgehead atoms. The number of aromatic hydroxyl groups is 1. The largest absolute Gasteiger partial charge is 0.504 e. The Hall–Kier alpha value is -2.48. The fraction of sp³-hybridized carbons (Fsp3) is 0.467. The Bertz CT molecular complexity index is 662. The number of anilines is 1. The quantitative estimate of drug-likeness (QED) is 0.717. The number of fused-ring (bicyclic) bond motifs is 2. The van der Waals surface area contributed by atoms with Crippen LogP contribution in [0.2, 0.25) is 0 Å². The molecule has 1 aromatic rings. The predicted octanol–water partition coefficient (Wildman–Crippen LogP) is 1.21. The van der Waals surface area contributed by atoms with Crippen molar-refractivity contribution in [2.75, 3.05) is 18.6 Å². The SMILES string of the molecule is COc1cc2c(cc1O)N(C(=O)O)[C@@H](O)[C@@H]1CCCCN1C2=O. The highest BCUT2D eigenvalue weighted by Crippen LogP contribution is 2.39. The number of rotatable bonds is 1. The molecular formula is C15H18N2O6. The van der Waals surface area contributed by atoms with E-state index in [0.29, 0.717) is 13.0 Å². The average molecular weight is 322 g/mol. The van der Waals surface area contributed by atoms with Crippen molar-refractivity contribution in [1.29, 1.82) is 0 Å². The van der Waals surface area contributed by atoms with Gasteiger partial charge in [0.1, 0.15) is 0 Å². The highest BCUT2D eigenvalue weighted by atomic mass is 16.5. The van der Waals surface area contributed by atoms with Crippen molar-refractivity contribution < 1.29 is 29.6 Å². The van der Waals surface area contributed by atoms with Crippen LogP contribution in [0.1, 0.15) is 29.6 Å². The number of phenols is 1. The number of ether oxygens (including phenoxy) is 1. The molecule has 8 nitrogen and oxygen atoms in total. The van der Waals surface area contributed by atoms with E-state index in [9.17, 15) is 24.9 Å². The van der Waals surface area contributed by atoms with Gasteiger partial charge in [0.15, 0.2) is 17.7 Å². The molecule has 0 unspecified atom stereocenters. The molecule has 1 aromatic carbocycles. The molecule has 1 saturated heterocycles. The maximum Gasteiger partial charge on any atom is 0.414 e. The normalized spacial score (nSPS) is 23.8. The molecule has 2 amide bonds. The van der Waals surface area contributed by atoms with E-state index in [1.54, 1.807) is 0 Å². The van der Waals surface area contributed by atoms with Crippen LogP contribution in [0.15, 0.2) is 12.1 Å². The summed E-state index contributed by atoms with van der Waals surface area (Å²) in [6.07, 6.45) is -0.640. The van der Waals surface area contributed by atoms with Gasteiger partial charge in [-0.15, -0.1) is 0 Å². The Balaban J connectivity index is 2.21. The Morgan fingerprint density at radius 2 is 2.09 bits per heavy atom. The molecule has 23 heavy (non-hydrogen) atoms.